The van der Waals surface area contributed by atoms with Crippen molar-refractivity contribution >= 4 is 23.4 Å². The molecule has 2 atom stereocenters. The van der Waals surface area contributed by atoms with Gasteiger partial charge in [0.25, 0.3) is 0 Å². The second-order valence-electron chi connectivity index (χ2n) is 6.00. The van der Waals surface area contributed by atoms with E-state index in [1.165, 1.54) is 4.90 Å². The Bertz CT molecular complexity index is 613. The molecule has 1 aromatic carbocycles. The monoisotopic (exact) mass is 312 g/mol. The van der Waals surface area contributed by atoms with Gasteiger partial charge in [-0.1, -0.05) is 30.4 Å². The Morgan fingerprint density at radius 2 is 1.65 bits per heavy atom. The summed E-state index contributed by atoms with van der Waals surface area (Å²) in [5, 5.41) is 2.80. The molecule has 120 valence electrons. The van der Waals surface area contributed by atoms with E-state index in [0.29, 0.717) is 32.2 Å². The van der Waals surface area contributed by atoms with Gasteiger partial charge in [0, 0.05) is 18.7 Å². The zero-order valence-corrected chi connectivity index (χ0v) is 12.9. The lowest BCUT2D eigenvalue weighted by molar-refractivity contribution is -0.140. The molecule has 1 aliphatic heterocycles. The predicted molar refractivity (Wildman–Crippen MR) is 86.4 cm³/mol. The minimum absolute atomic E-state index is 0.0761. The van der Waals surface area contributed by atoms with Gasteiger partial charge in [0.15, 0.2) is 0 Å². The summed E-state index contributed by atoms with van der Waals surface area (Å²) in [5.41, 5.74) is 0.753. The van der Waals surface area contributed by atoms with Crippen molar-refractivity contribution in [2.75, 3.05) is 11.9 Å². The number of fused-ring (bicyclic) bond motifs is 1. The van der Waals surface area contributed by atoms with Crippen LogP contribution in [-0.2, 0) is 14.4 Å². The summed E-state index contributed by atoms with van der Waals surface area (Å²) in [5.74, 6) is -0.633. The molecule has 1 aliphatic carbocycles. The third-order valence-corrected chi connectivity index (χ3v) is 4.44. The molecule has 2 aliphatic rings. The van der Waals surface area contributed by atoms with E-state index in [1.54, 1.807) is 0 Å². The Morgan fingerprint density at radius 3 is 2.26 bits per heavy atom. The Hall–Kier alpha value is -2.43. The number of imide groups is 1. The van der Waals surface area contributed by atoms with Gasteiger partial charge in [-0.25, -0.2) is 0 Å². The zero-order chi connectivity index (χ0) is 16.2. The first-order chi connectivity index (χ1) is 11.2. The molecule has 3 rings (SSSR count). The van der Waals surface area contributed by atoms with Gasteiger partial charge in [0.05, 0.1) is 11.8 Å². The van der Waals surface area contributed by atoms with Crippen molar-refractivity contribution in [3.8, 4) is 0 Å². The molecule has 5 nitrogen and oxygen atoms in total. The van der Waals surface area contributed by atoms with Gasteiger partial charge in [-0.2, -0.15) is 0 Å². The number of carbonyl (C=O) groups excluding carboxylic acids is 3. The highest BCUT2D eigenvalue weighted by atomic mass is 16.2. The van der Waals surface area contributed by atoms with E-state index in [4.69, 9.17) is 0 Å². The van der Waals surface area contributed by atoms with Crippen LogP contribution in [0.2, 0.25) is 0 Å². The average Bonchev–Trinajstić information content (AvgIpc) is 2.81. The van der Waals surface area contributed by atoms with Crippen LogP contribution in [0.3, 0.4) is 0 Å². The van der Waals surface area contributed by atoms with Crippen LogP contribution < -0.4 is 5.32 Å². The minimum Gasteiger partial charge on any atom is -0.326 e. The van der Waals surface area contributed by atoms with E-state index in [9.17, 15) is 14.4 Å². The lowest BCUT2D eigenvalue weighted by Crippen LogP contribution is -2.32. The van der Waals surface area contributed by atoms with Crippen molar-refractivity contribution in [2.24, 2.45) is 11.8 Å². The summed E-state index contributed by atoms with van der Waals surface area (Å²) < 4.78 is 0. The standard InChI is InChI=1S/C18H20N2O3/c21-16(19-13-7-2-1-3-8-13)11-6-12-20-17(22)14-9-4-5-10-15(14)18(20)23/h1-5,7-8,14-15H,6,9-12H2,(H,19,21)/t14-,15+. The SMILES string of the molecule is O=C(CCCN1C(=O)[C@H]2CC=CC[C@H]2C1=O)Nc1ccccc1. The van der Waals surface area contributed by atoms with Crippen molar-refractivity contribution < 1.29 is 14.4 Å². The van der Waals surface area contributed by atoms with Crippen LogP contribution in [0.4, 0.5) is 5.69 Å². The topological polar surface area (TPSA) is 66.5 Å². The van der Waals surface area contributed by atoms with E-state index < -0.39 is 0 Å². The molecule has 1 N–H and O–H groups in total. The highest BCUT2D eigenvalue weighted by molar-refractivity contribution is 6.05. The maximum Gasteiger partial charge on any atom is 0.233 e. The Labute approximate surface area is 135 Å². The molecule has 0 bridgehead atoms. The van der Waals surface area contributed by atoms with Crippen molar-refractivity contribution in [3.63, 3.8) is 0 Å². The molecule has 0 spiro atoms. The molecule has 0 saturated carbocycles. The van der Waals surface area contributed by atoms with Crippen LogP contribution >= 0.6 is 0 Å². The Kier molecular flexibility index (Phi) is 4.55. The predicted octanol–water partition coefficient (Wildman–Crippen LogP) is 2.36. The number of carbonyl (C=O) groups is 3. The molecule has 23 heavy (non-hydrogen) atoms. The van der Waals surface area contributed by atoms with Gasteiger partial charge < -0.3 is 5.32 Å². The van der Waals surface area contributed by atoms with Crippen molar-refractivity contribution in [3.05, 3.63) is 42.5 Å². The van der Waals surface area contributed by atoms with E-state index >= 15 is 0 Å². The second-order valence-corrected chi connectivity index (χ2v) is 6.00. The summed E-state index contributed by atoms with van der Waals surface area (Å²) in [6.45, 7) is 0.326. The largest absolute Gasteiger partial charge is 0.326 e. The first kappa shape index (κ1) is 15.5. The molecule has 1 aromatic rings. The third-order valence-electron chi connectivity index (χ3n) is 4.44. The van der Waals surface area contributed by atoms with Crippen molar-refractivity contribution in [1.29, 1.82) is 0 Å². The van der Waals surface area contributed by atoms with Gasteiger partial charge in [0.2, 0.25) is 17.7 Å². The molecule has 3 amide bonds. The Morgan fingerprint density at radius 1 is 1.04 bits per heavy atom. The van der Waals surface area contributed by atoms with Gasteiger partial charge in [-0.15, -0.1) is 0 Å². The number of anilines is 1. The molecule has 1 fully saturated rings. The van der Waals surface area contributed by atoms with Gasteiger partial charge >= 0.3 is 0 Å². The van der Waals surface area contributed by atoms with Crippen molar-refractivity contribution in [2.45, 2.75) is 25.7 Å². The quantitative estimate of drug-likeness (QED) is 0.670. The van der Waals surface area contributed by atoms with Crippen LogP contribution in [-0.4, -0.2) is 29.2 Å². The maximum atomic E-state index is 12.3. The molecule has 1 heterocycles. The normalized spacial score (nSPS) is 23.0. The summed E-state index contributed by atoms with van der Waals surface area (Å²) in [7, 11) is 0. The fourth-order valence-corrected chi connectivity index (χ4v) is 3.23. The van der Waals surface area contributed by atoms with E-state index in [1.807, 2.05) is 42.5 Å². The number of rotatable bonds is 5. The lowest BCUT2D eigenvalue weighted by atomic mass is 9.85. The highest BCUT2D eigenvalue weighted by Crippen LogP contribution is 2.35. The average molecular weight is 312 g/mol. The number of allylic oxidation sites excluding steroid dienone is 2. The number of hydrogen-bond acceptors (Lipinski definition) is 3. The first-order valence-corrected chi connectivity index (χ1v) is 8.02. The number of para-hydroxylation sites is 1. The fraction of sp³-hybridized carbons (Fsp3) is 0.389. The van der Waals surface area contributed by atoms with Gasteiger partial charge in [-0.05, 0) is 31.4 Å². The number of likely N-dealkylation sites (tertiary alicyclic amines) is 1. The maximum absolute atomic E-state index is 12.3. The summed E-state index contributed by atoms with van der Waals surface area (Å²) in [4.78, 5) is 37.8. The lowest BCUT2D eigenvalue weighted by Gasteiger charge is -2.14. The molecule has 0 unspecified atom stereocenters. The third kappa shape index (κ3) is 3.33. The zero-order valence-electron chi connectivity index (χ0n) is 12.9. The highest BCUT2D eigenvalue weighted by Gasteiger charge is 2.46. The van der Waals surface area contributed by atoms with Gasteiger partial charge in [0.1, 0.15) is 0 Å². The van der Waals surface area contributed by atoms with Crippen LogP contribution in [0.15, 0.2) is 42.5 Å². The molecule has 0 radical (unpaired) electrons. The van der Waals surface area contributed by atoms with Gasteiger partial charge in [-0.3, -0.25) is 19.3 Å². The number of hydrogen-bond donors (Lipinski definition) is 1. The summed E-state index contributed by atoms with van der Waals surface area (Å²) >= 11 is 0. The molecular weight excluding hydrogens is 292 g/mol. The van der Waals surface area contributed by atoms with E-state index in [0.717, 1.165) is 5.69 Å². The summed E-state index contributed by atoms with van der Waals surface area (Å²) in [6, 6.07) is 9.24. The van der Waals surface area contributed by atoms with Crippen LogP contribution in [0.25, 0.3) is 0 Å². The van der Waals surface area contributed by atoms with Crippen LogP contribution in [0.1, 0.15) is 25.7 Å². The molecule has 5 heteroatoms. The number of nitrogens with zero attached hydrogens (tertiary/aromatic N) is 1. The minimum atomic E-state index is -0.189. The Balaban J connectivity index is 1.48. The van der Waals surface area contributed by atoms with E-state index in [-0.39, 0.29) is 29.6 Å². The van der Waals surface area contributed by atoms with Crippen LogP contribution in [0.5, 0.6) is 0 Å². The number of nitrogens with one attached hydrogen (secondary N) is 1. The van der Waals surface area contributed by atoms with Crippen LogP contribution in [0, 0.1) is 11.8 Å². The molecular formula is C18H20N2O3. The first-order valence-electron chi connectivity index (χ1n) is 8.02. The molecule has 1 saturated heterocycles. The van der Waals surface area contributed by atoms with E-state index in [2.05, 4.69) is 5.32 Å². The number of amides is 3. The van der Waals surface area contributed by atoms with Crippen molar-refractivity contribution in [1.82, 2.24) is 4.90 Å². The number of benzene rings is 1. The molecule has 0 aromatic heterocycles. The smallest absolute Gasteiger partial charge is 0.233 e. The second kappa shape index (κ2) is 6.77. The summed E-state index contributed by atoms with van der Waals surface area (Å²) in [6.07, 6.45) is 6.04. The fourth-order valence-electron chi connectivity index (χ4n) is 3.23.